The fourth-order valence-corrected chi connectivity index (χ4v) is 5.94. The molecule has 1 aliphatic rings. The first-order valence-electron chi connectivity index (χ1n) is 15.8. The summed E-state index contributed by atoms with van der Waals surface area (Å²) in [5.41, 5.74) is 2.78. The van der Waals surface area contributed by atoms with E-state index in [0.29, 0.717) is 30.4 Å². The third-order valence-electron chi connectivity index (χ3n) is 8.10. The molecule has 2 aromatic carbocycles. The van der Waals surface area contributed by atoms with Crippen molar-refractivity contribution in [3.8, 4) is 22.8 Å². The first-order chi connectivity index (χ1) is 21.7. The maximum Gasteiger partial charge on any atom is 0.325 e. The Morgan fingerprint density at radius 1 is 1.02 bits per heavy atom. The molecule has 0 bridgehead atoms. The molecule has 0 saturated heterocycles. The first kappa shape index (κ1) is 33.6. The topological polar surface area (TPSA) is 121 Å². The zero-order valence-corrected chi connectivity index (χ0v) is 27.0. The minimum Gasteiger partial charge on any atom is -0.496 e. The number of rotatable bonds is 14. The van der Waals surface area contributed by atoms with Gasteiger partial charge < -0.3 is 24.8 Å². The van der Waals surface area contributed by atoms with Crippen molar-refractivity contribution in [3.05, 3.63) is 65.9 Å². The van der Waals surface area contributed by atoms with Gasteiger partial charge >= 0.3 is 5.97 Å². The van der Waals surface area contributed by atoms with Crippen molar-refractivity contribution in [3.63, 3.8) is 0 Å². The van der Waals surface area contributed by atoms with E-state index >= 15 is 0 Å². The molecular formula is C35H46N4O6. The number of carbonyl (C=O) groups is 3. The summed E-state index contributed by atoms with van der Waals surface area (Å²) < 4.78 is 18.8. The summed E-state index contributed by atoms with van der Waals surface area (Å²) in [5.74, 6) is 0.760. The molecule has 242 valence electrons. The van der Waals surface area contributed by atoms with Crippen LogP contribution in [0.3, 0.4) is 0 Å². The molecule has 2 amide bonds. The molecule has 2 N–H and O–H groups in total. The van der Waals surface area contributed by atoms with Gasteiger partial charge in [-0.1, -0.05) is 70.0 Å². The number of carbonyl (C=O) groups excluding carboxylic acids is 3. The molecule has 1 saturated carbocycles. The molecule has 1 aromatic heterocycles. The predicted molar refractivity (Wildman–Crippen MR) is 172 cm³/mol. The van der Waals surface area contributed by atoms with Crippen molar-refractivity contribution in [1.82, 2.24) is 20.4 Å². The molecule has 3 aromatic rings. The number of nitrogens with zero attached hydrogens (tertiary/aromatic N) is 2. The van der Waals surface area contributed by atoms with Crippen LogP contribution < -0.4 is 20.1 Å². The SMILES string of the molecule is COC(=O)CNC(=O)C[C@H](CC(C)C)NC(=O)c1cc(-c2c(OC)cccc2OCc2ccccc2)n(C2CCCC(C)C2)n1. The van der Waals surface area contributed by atoms with E-state index in [-0.39, 0.29) is 42.4 Å². The minimum absolute atomic E-state index is 0.0264. The number of hydrogen-bond acceptors (Lipinski definition) is 7. The van der Waals surface area contributed by atoms with Crippen molar-refractivity contribution in [2.45, 2.75) is 78.0 Å². The summed E-state index contributed by atoms with van der Waals surface area (Å²) in [7, 11) is 2.89. The summed E-state index contributed by atoms with van der Waals surface area (Å²) in [5, 5.41) is 10.5. The summed E-state index contributed by atoms with van der Waals surface area (Å²) in [6.45, 7) is 6.46. The van der Waals surface area contributed by atoms with E-state index in [1.807, 2.05) is 67.1 Å². The fraction of sp³-hybridized carbons (Fsp3) is 0.486. The van der Waals surface area contributed by atoms with Crippen LogP contribution in [0, 0.1) is 11.8 Å². The molecule has 45 heavy (non-hydrogen) atoms. The van der Waals surface area contributed by atoms with Crippen molar-refractivity contribution < 1.29 is 28.6 Å². The van der Waals surface area contributed by atoms with E-state index in [1.54, 1.807) is 13.2 Å². The van der Waals surface area contributed by atoms with E-state index in [1.165, 1.54) is 7.11 Å². The van der Waals surface area contributed by atoms with Crippen LogP contribution in [0.25, 0.3) is 11.3 Å². The minimum atomic E-state index is -0.536. The van der Waals surface area contributed by atoms with Gasteiger partial charge in [-0.05, 0) is 54.9 Å². The lowest BCUT2D eigenvalue weighted by Crippen LogP contribution is -2.41. The van der Waals surface area contributed by atoms with Gasteiger partial charge in [0.1, 0.15) is 24.7 Å². The first-order valence-corrected chi connectivity index (χ1v) is 15.8. The lowest BCUT2D eigenvalue weighted by Gasteiger charge is -2.29. The van der Waals surface area contributed by atoms with E-state index in [0.717, 1.165) is 42.5 Å². The Morgan fingerprint density at radius 2 is 1.78 bits per heavy atom. The number of methoxy groups -OCH3 is 2. The standard InChI is InChI=1S/C35H46N4O6/c1-23(2)17-26(19-32(40)36-21-33(41)44-5)37-35(42)28-20-29(39(38-28)27-14-9-11-24(3)18-27)34-30(43-4)15-10-16-31(34)45-22-25-12-7-6-8-13-25/h6-8,10,12-13,15-16,20,23-24,26-27H,9,11,14,17-19,21-22H2,1-5H3,(H,36,40)(H,37,42)/t24?,26-,27?/m0/s1. The lowest BCUT2D eigenvalue weighted by atomic mass is 9.87. The van der Waals surface area contributed by atoms with Crippen LogP contribution in [0.1, 0.15) is 81.4 Å². The number of ether oxygens (including phenoxy) is 3. The van der Waals surface area contributed by atoms with E-state index < -0.39 is 12.0 Å². The average Bonchev–Trinajstić information content (AvgIpc) is 3.48. The second-order valence-corrected chi connectivity index (χ2v) is 12.2. The number of aromatic nitrogens is 2. The van der Waals surface area contributed by atoms with Crippen molar-refractivity contribution in [2.24, 2.45) is 11.8 Å². The highest BCUT2D eigenvalue weighted by atomic mass is 16.5. The van der Waals surface area contributed by atoms with Gasteiger partial charge in [-0.25, -0.2) is 0 Å². The molecule has 1 fully saturated rings. The molecule has 0 radical (unpaired) electrons. The molecule has 4 rings (SSSR count). The second kappa shape index (κ2) is 16.1. The normalized spacial score (nSPS) is 16.9. The zero-order valence-electron chi connectivity index (χ0n) is 27.0. The predicted octanol–water partition coefficient (Wildman–Crippen LogP) is 5.71. The van der Waals surface area contributed by atoms with Gasteiger partial charge in [-0.3, -0.25) is 19.1 Å². The van der Waals surface area contributed by atoms with E-state index in [9.17, 15) is 14.4 Å². The summed E-state index contributed by atoms with van der Waals surface area (Å²) >= 11 is 0. The highest BCUT2D eigenvalue weighted by Gasteiger charge is 2.29. The molecule has 10 heteroatoms. The molecule has 3 atom stereocenters. The third-order valence-corrected chi connectivity index (χ3v) is 8.10. The number of hydrogen-bond donors (Lipinski definition) is 2. The molecule has 0 aliphatic heterocycles. The molecule has 2 unspecified atom stereocenters. The van der Waals surface area contributed by atoms with Crippen LogP contribution in [0.15, 0.2) is 54.6 Å². The van der Waals surface area contributed by atoms with Gasteiger partial charge in [0.15, 0.2) is 5.69 Å². The number of nitrogens with one attached hydrogen (secondary N) is 2. The van der Waals surface area contributed by atoms with Gasteiger partial charge in [0, 0.05) is 12.5 Å². The Bertz CT molecular complexity index is 1440. The smallest absolute Gasteiger partial charge is 0.325 e. The highest BCUT2D eigenvalue weighted by molar-refractivity contribution is 5.94. The molecule has 1 heterocycles. The zero-order chi connectivity index (χ0) is 32.3. The Labute approximate surface area is 265 Å². The van der Waals surface area contributed by atoms with Crippen LogP contribution in [-0.2, 0) is 20.9 Å². The monoisotopic (exact) mass is 618 g/mol. The van der Waals surface area contributed by atoms with Crippen LogP contribution >= 0.6 is 0 Å². The summed E-state index contributed by atoms with van der Waals surface area (Å²) in [6, 6.07) is 17.1. The Balaban J connectivity index is 1.67. The quantitative estimate of drug-likeness (QED) is 0.222. The summed E-state index contributed by atoms with van der Waals surface area (Å²) in [4.78, 5) is 37.9. The number of benzene rings is 2. The molecule has 1 aliphatic carbocycles. The average molecular weight is 619 g/mol. The third kappa shape index (κ3) is 9.33. The van der Waals surface area contributed by atoms with Crippen molar-refractivity contribution >= 4 is 17.8 Å². The Kier molecular flexibility index (Phi) is 12.0. The molecular weight excluding hydrogens is 572 g/mol. The number of esters is 1. The van der Waals surface area contributed by atoms with Crippen LogP contribution in [-0.4, -0.2) is 54.4 Å². The Morgan fingerprint density at radius 3 is 2.47 bits per heavy atom. The number of amides is 2. The van der Waals surface area contributed by atoms with Gasteiger partial charge in [0.2, 0.25) is 5.91 Å². The highest BCUT2D eigenvalue weighted by Crippen LogP contribution is 2.42. The Hall–Kier alpha value is -4.34. The van der Waals surface area contributed by atoms with E-state index in [4.69, 9.17) is 14.6 Å². The fourth-order valence-electron chi connectivity index (χ4n) is 5.94. The lowest BCUT2D eigenvalue weighted by molar-refractivity contribution is -0.141. The maximum atomic E-state index is 13.8. The van der Waals surface area contributed by atoms with Crippen LogP contribution in [0.2, 0.25) is 0 Å². The van der Waals surface area contributed by atoms with E-state index in [2.05, 4.69) is 22.3 Å². The van der Waals surface area contributed by atoms with Gasteiger partial charge in [0.25, 0.3) is 5.91 Å². The van der Waals surface area contributed by atoms with Crippen molar-refractivity contribution in [1.29, 1.82) is 0 Å². The van der Waals surface area contributed by atoms with Crippen LogP contribution in [0.5, 0.6) is 11.5 Å². The molecule has 10 nitrogen and oxygen atoms in total. The van der Waals surface area contributed by atoms with Crippen molar-refractivity contribution in [2.75, 3.05) is 20.8 Å². The maximum absolute atomic E-state index is 13.8. The van der Waals surface area contributed by atoms with Gasteiger partial charge in [-0.2, -0.15) is 5.10 Å². The van der Waals surface area contributed by atoms with Gasteiger partial charge in [0.05, 0.1) is 31.5 Å². The largest absolute Gasteiger partial charge is 0.496 e. The van der Waals surface area contributed by atoms with Gasteiger partial charge in [-0.15, -0.1) is 0 Å². The summed E-state index contributed by atoms with van der Waals surface area (Å²) in [6.07, 6.45) is 4.74. The van der Waals surface area contributed by atoms with Crippen LogP contribution in [0.4, 0.5) is 0 Å². The molecule has 0 spiro atoms. The second-order valence-electron chi connectivity index (χ2n) is 12.2.